The van der Waals surface area contributed by atoms with Crippen molar-refractivity contribution in [3.8, 4) is 0 Å². The van der Waals surface area contributed by atoms with E-state index in [1.54, 1.807) is 29.2 Å². The number of nitrogens with zero attached hydrogens (tertiary/aromatic N) is 4. The van der Waals surface area contributed by atoms with Gasteiger partial charge in [-0.2, -0.15) is 9.61 Å². The molecule has 2 amide bonds. The normalized spacial score (nSPS) is 17.9. The number of aromatic nitrogens is 4. The number of hydrogen-bond donors (Lipinski definition) is 3. The molecule has 9 nitrogen and oxygen atoms in total. The second-order valence-electron chi connectivity index (χ2n) is 6.87. The minimum atomic E-state index is -0.369. The fourth-order valence-electron chi connectivity index (χ4n) is 3.08. The van der Waals surface area contributed by atoms with Crippen LogP contribution in [0.25, 0.3) is 11.7 Å². The Bertz CT molecular complexity index is 1120. The molecular weight excluding hydrogens is 358 g/mol. The second kappa shape index (κ2) is 6.45. The summed E-state index contributed by atoms with van der Waals surface area (Å²) in [5.74, 6) is 0.804. The first kappa shape index (κ1) is 16.4. The van der Waals surface area contributed by atoms with Crippen LogP contribution in [-0.4, -0.2) is 37.4 Å². The lowest BCUT2D eigenvalue weighted by atomic mass is 10.1. The predicted molar refractivity (Wildman–Crippen MR) is 103 cm³/mol. The summed E-state index contributed by atoms with van der Waals surface area (Å²) in [5.41, 5.74) is 2.55. The Morgan fingerprint density at radius 2 is 2.04 bits per heavy atom. The molecule has 2 aliphatic rings. The Hall–Kier alpha value is -3.75. The van der Waals surface area contributed by atoms with Crippen LogP contribution in [0.2, 0.25) is 0 Å². The van der Waals surface area contributed by atoms with Crippen molar-refractivity contribution in [3.63, 3.8) is 0 Å². The minimum Gasteiger partial charge on any atom is -0.367 e. The highest BCUT2D eigenvalue weighted by molar-refractivity contribution is 6.15. The highest BCUT2D eigenvalue weighted by Gasteiger charge is 2.25. The van der Waals surface area contributed by atoms with Gasteiger partial charge >= 0.3 is 0 Å². The number of fused-ring (bicyclic) bond motifs is 1. The van der Waals surface area contributed by atoms with Gasteiger partial charge in [0.2, 0.25) is 5.91 Å². The number of anilines is 3. The van der Waals surface area contributed by atoms with Crippen LogP contribution in [0.3, 0.4) is 0 Å². The molecule has 1 aliphatic heterocycles. The van der Waals surface area contributed by atoms with Crippen molar-refractivity contribution in [2.24, 2.45) is 0 Å². The van der Waals surface area contributed by atoms with Crippen LogP contribution in [-0.2, 0) is 9.59 Å². The zero-order valence-electron chi connectivity index (χ0n) is 14.8. The van der Waals surface area contributed by atoms with E-state index < -0.39 is 0 Å². The first-order valence-electron chi connectivity index (χ1n) is 9.03. The van der Waals surface area contributed by atoms with E-state index in [2.05, 4.69) is 31.0 Å². The zero-order chi connectivity index (χ0) is 19.1. The molecule has 9 heteroatoms. The Labute approximate surface area is 159 Å². The van der Waals surface area contributed by atoms with E-state index in [1.165, 1.54) is 0 Å². The van der Waals surface area contributed by atoms with Crippen LogP contribution in [0.15, 0.2) is 42.4 Å². The van der Waals surface area contributed by atoms with Gasteiger partial charge in [0.05, 0.1) is 12.6 Å². The molecule has 5 rings (SSSR count). The molecule has 3 aromatic rings. The third-order valence-corrected chi connectivity index (χ3v) is 4.61. The van der Waals surface area contributed by atoms with Crippen molar-refractivity contribution in [1.29, 1.82) is 0 Å². The van der Waals surface area contributed by atoms with Crippen LogP contribution in [0.5, 0.6) is 0 Å². The van der Waals surface area contributed by atoms with E-state index in [0.29, 0.717) is 28.6 Å². The van der Waals surface area contributed by atoms with E-state index in [-0.39, 0.29) is 18.2 Å². The van der Waals surface area contributed by atoms with Gasteiger partial charge in [0.25, 0.3) is 5.91 Å². The molecule has 28 heavy (non-hydrogen) atoms. The average Bonchev–Trinajstić information content (AvgIpc) is 3.32. The molecule has 2 fully saturated rings. The van der Waals surface area contributed by atoms with E-state index in [0.717, 1.165) is 24.3 Å². The number of amides is 2. The molecule has 1 aliphatic carbocycles. The fraction of sp³-hybridized carbons (Fsp3) is 0.211. The lowest BCUT2D eigenvalue weighted by Gasteiger charge is -2.11. The van der Waals surface area contributed by atoms with E-state index in [4.69, 9.17) is 0 Å². The summed E-state index contributed by atoms with van der Waals surface area (Å²) >= 11 is 0. The molecule has 0 aromatic carbocycles. The molecule has 140 valence electrons. The summed E-state index contributed by atoms with van der Waals surface area (Å²) < 4.78 is 1.72. The van der Waals surface area contributed by atoms with Gasteiger partial charge in [-0.3, -0.25) is 19.9 Å². The quantitative estimate of drug-likeness (QED) is 0.461. The average molecular weight is 375 g/mol. The topological polar surface area (TPSA) is 113 Å². The lowest BCUT2D eigenvalue weighted by Crippen LogP contribution is -2.19. The molecule has 1 saturated heterocycles. The molecule has 0 atom stereocenters. The molecule has 3 aromatic heterocycles. The van der Waals surface area contributed by atoms with Gasteiger partial charge in [-0.1, -0.05) is 0 Å². The number of hydrogen-bond acceptors (Lipinski definition) is 7. The maximum atomic E-state index is 11.9. The predicted octanol–water partition coefficient (Wildman–Crippen LogP) is 1.87. The Balaban J connectivity index is 1.58. The SMILES string of the molecule is O=C1CC(=Cc2cnn3c(NC4CC4)cc(Nc4ccncc4)nc23)C(=O)N1. The molecule has 0 spiro atoms. The Morgan fingerprint density at radius 1 is 1.21 bits per heavy atom. The molecule has 0 unspecified atom stereocenters. The van der Waals surface area contributed by atoms with Crippen molar-refractivity contribution in [3.05, 3.63) is 47.9 Å². The summed E-state index contributed by atoms with van der Waals surface area (Å²) in [4.78, 5) is 32.0. The molecule has 3 N–H and O–H groups in total. The van der Waals surface area contributed by atoms with Gasteiger partial charge in [0, 0.05) is 41.3 Å². The van der Waals surface area contributed by atoms with Gasteiger partial charge in [0.15, 0.2) is 5.65 Å². The number of carbonyl (C=O) groups is 2. The summed E-state index contributed by atoms with van der Waals surface area (Å²) in [6, 6.07) is 6.05. The van der Waals surface area contributed by atoms with Crippen LogP contribution in [0.1, 0.15) is 24.8 Å². The van der Waals surface area contributed by atoms with Gasteiger partial charge in [-0.25, -0.2) is 4.98 Å². The maximum absolute atomic E-state index is 11.9. The Morgan fingerprint density at radius 3 is 2.75 bits per heavy atom. The smallest absolute Gasteiger partial charge is 0.254 e. The van der Waals surface area contributed by atoms with Crippen LogP contribution in [0, 0.1) is 0 Å². The monoisotopic (exact) mass is 375 g/mol. The zero-order valence-corrected chi connectivity index (χ0v) is 14.8. The van der Waals surface area contributed by atoms with Crippen molar-refractivity contribution >= 4 is 40.9 Å². The highest BCUT2D eigenvalue weighted by Crippen LogP contribution is 2.28. The van der Waals surface area contributed by atoms with Gasteiger partial charge in [0.1, 0.15) is 11.6 Å². The standard InChI is InChI=1S/C19H17N7O2/c27-17-8-11(19(28)25-17)7-12-10-21-26-16(23-13-1-2-13)9-15(24-18(12)26)22-14-3-5-20-6-4-14/h3-7,9-10,13,23H,1-2,8H2,(H,20,22,24)(H,25,27,28). The second-order valence-corrected chi connectivity index (χ2v) is 6.87. The summed E-state index contributed by atoms with van der Waals surface area (Å²) in [5, 5.41) is 13.5. The summed E-state index contributed by atoms with van der Waals surface area (Å²) in [6.07, 6.45) is 9.04. The van der Waals surface area contributed by atoms with Crippen LogP contribution < -0.4 is 16.0 Å². The third-order valence-electron chi connectivity index (χ3n) is 4.61. The van der Waals surface area contributed by atoms with Gasteiger partial charge in [-0.05, 0) is 31.1 Å². The van der Waals surface area contributed by atoms with E-state index >= 15 is 0 Å². The number of nitrogens with one attached hydrogen (secondary N) is 3. The van der Waals surface area contributed by atoms with Crippen LogP contribution in [0.4, 0.5) is 17.3 Å². The maximum Gasteiger partial charge on any atom is 0.254 e. The minimum absolute atomic E-state index is 0.0678. The van der Waals surface area contributed by atoms with E-state index in [1.807, 2.05) is 18.2 Å². The van der Waals surface area contributed by atoms with Crippen molar-refractivity contribution in [2.45, 2.75) is 25.3 Å². The van der Waals surface area contributed by atoms with Crippen molar-refractivity contribution in [2.75, 3.05) is 10.6 Å². The summed E-state index contributed by atoms with van der Waals surface area (Å²) in [7, 11) is 0. The van der Waals surface area contributed by atoms with Gasteiger partial charge in [-0.15, -0.1) is 0 Å². The molecular formula is C19H17N7O2. The van der Waals surface area contributed by atoms with Crippen molar-refractivity contribution < 1.29 is 9.59 Å². The molecule has 1 saturated carbocycles. The highest BCUT2D eigenvalue weighted by atomic mass is 16.2. The molecule has 0 radical (unpaired) electrons. The van der Waals surface area contributed by atoms with Gasteiger partial charge < -0.3 is 10.6 Å². The molecule has 4 heterocycles. The molecule has 0 bridgehead atoms. The number of pyridine rings is 1. The fourth-order valence-corrected chi connectivity index (χ4v) is 3.08. The number of imide groups is 1. The number of rotatable bonds is 5. The first-order chi connectivity index (χ1) is 13.7. The first-order valence-corrected chi connectivity index (χ1v) is 9.03. The summed E-state index contributed by atoms with van der Waals surface area (Å²) in [6.45, 7) is 0. The largest absolute Gasteiger partial charge is 0.367 e. The van der Waals surface area contributed by atoms with Crippen molar-refractivity contribution in [1.82, 2.24) is 24.9 Å². The lowest BCUT2D eigenvalue weighted by molar-refractivity contribution is -0.124. The third kappa shape index (κ3) is 3.18. The number of carbonyl (C=O) groups excluding carboxylic acids is 2. The van der Waals surface area contributed by atoms with Crippen LogP contribution >= 0.6 is 0 Å². The Kier molecular flexibility index (Phi) is 3.78. The van der Waals surface area contributed by atoms with E-state index in [9.17, 15) is 9.59 Å².